The Morgan fingerprint density at radius 2 is 1.30 bits per heavy atom. The van der Waals surface area contributed by atoms with Crippen molar-refractivity contribution in [3.8, 4) is 0 Å². The van der Waals surface area contributed by atoms with Gasteiger partial charge in [-0.05, 0) is 24.3 Å². The van der Waals surface area contributed by atoms with Crippen LogP contribution >= 0.6 is 0 Å². The molecule has 108 valence electrons. The predicted octanol–water partition coefficient (Wildman–Crippen LogP) is 1.29. The van der Waals surface area contributed by atoms with Gasteiger partial charge in [0.25, 0.3) is 0 Å². The standard InChI is InChI=1S/C18H24N.ClH/c1-5-14-19(15-6-2,16-7-3)18(8-4)17-12-10-9-11-13-17;/h5-13,18H,1-4,14-16H2;1H/q+1;/p-1. The van der Waals surface area contributed by atoms with Gasteiger partial charge in [0.2, 0.25) is 0 Å². The normalized spacial score (nSPS) is 11.8. The van der Waals surface area contributed by atoms with Crippen LogP contribution in [0.25, 0.3) is 0 Å². The summed E-state index contributed by atoms with van der Waals surface area (Å²) in [5.41, 5.74) is 1.27. The highest BCUT2D eigenvalue weighted by Crippen LogP contribution is 2.30. The Bertz CT molecular complexity index is 409. The zero-order valence-electron chi connectivity index (χ0n) is 12.0. The van der Waals surface area contributed by atoms with Crippen molar-refractivity contribution >= 4 is 0 Å². The third kappa shape index (κ3) is 4.22. The Hall–Kier alpha value is -1.57. The first-order valence-electron chi connectivity index (χ1n) is 6.60. The van der Waals surface area contributed by atoms with E-state index in [0.717, 1.165) is 24.1 Å². The average molecular weight is 290 g/mol. The fourth-order valence-electron chi connectivity index (χ4n) is 2.66. The monoisotopic (exact) mass is 289 g/mol. The number of halogens is 1. The Kier molecular flexibility index (Phi) is 8.62. The van der Waals surface area contributed by atoms with E-state index in [2.05, 4.69) is 50.6 Å². The van der Waals surface area contributed by atoms with Crippen LogP contribution in [-0.2, 0) is 0 Å². The number of hydrogen-bond acceptors (Lipinski definition) is 0. The molecule has 0 heterocycles. The van der Waals surface area contributed by atoms with Gasteiger partial charge in [0.1, 0.15) is 6.04 Å². The highest BCUT2D eigenvalue weighted by molar-refractivity contribution is 5.21. The minimum Gasteiger partial charge on any atom is -1.00 e. The van der Waals surface area contributed by atoms with Crippen molar-refractivity contribution < 1.29 is 16.9 Å². The summed E-state index contributed by atoms with van der Waals surface area (Å²) in [7, 11) is 0. The Morgan fingerprint density at radius 1 is 0.850 bits per heavy atom. The SMILES string of the molecule is C=CC[N+](CC=C)(CC=C)C(C=C)c1ccccc1.[Cl-]. The fraction of sp³-hybridized carbons (Fsp3) is 0.222. The van der Waals surface area contributed by atoms with Crippen LogP contribution < -0.4 is 12.4 Å². The van der Waals surface area contributed by atoms with Crippen LogP contribution in [0.15, 0.2) is 81.0 Å². The Balaban J connectivity index is 0.00000361. The van der Waals surface area contributed by atoms with Gasteiger partial charge < -0.3 is 16.9 Å². The topological polar surface area (TPSA) is 0 Å². The maximum atomic E-state index is 4.03. The molecule has 0 aliphatic rings. The zero-order valence-corrected chi connectivity index (χ0v) is 12.8. The first kappa shape index (κ1) is 18.4. The van der Waals surface area contributed by atoms with E-state index in [-0.39, 0.29) is 18.4 Å². The first-order valence-corrected chi connectivity index (χ1v) is 6.60. The van der Waals surface area contributed by atoms with Crippen LogP contribution in [0.3, 0.4) is 0 Å². The Labute approximate surface area is 129 Å². The molecule has 0 saturated heterocycles. The minimum absolute atomic E-state index is 0. The third-order valence-electron chi connectivity index (χ3n) is 3.43. The predicted molar refractivity (Wildman–Crippen MR) is 84.8 cm³/mol. The van der Waals surface area contributed by atoms with Crippen LogP contribution in [0, 0.1) is 0 Å². The molecule has 1 unspecified atom stereocenters. The molecule has 1 rings (SSSR count). The number of quaternary nitrogens is 1. The van der Waals surface area contributed by atoms with E-state index < -0.39 is 0 Å². The van der Waals surface area contributed by atoms with Crippen molar-refractivity contribution in [2.24, 2.45) is 0 Å². The van der Waals surface area contributed by atoms with Crippen molar-refractivity contribution in [2.45, 2.75) is 6.04 Å². The molecule has 1 nitrogen and oxygen atoms in total. The number of hydrogen-bond donors (Lipinski definition) is 0. The molecule has 0 N–H and O–H groups in total. The molecule has 1 atom stereocenters. The maximum Gasteiger partial charge on any atom is 0.134 e. The summed E-state index contributed by atoms with van der Waals surface area (Å²) in [5, 5.41) is 0. The van der Waals surface area contributed by atoms with Gasteiger partial charge in [-0.25, -0.2) is 0 Å². The van der Waals surface area contributed by atoms with Crippen molar-refractivity contribution in [3.05, 3.63) is 86.5 Å². The van der Waals surface area contributed by atoms with Gasteiger partial charge in [0.05, 0.1) is 19.6 Å². The molecule has 0 fully saturated rings. The van der Waals surface area contributed by atoms with Gasteiger partial charge in [-0.15, -0.1) is 0 Å². The second-order valence-electron chi connectivity index (χ2n) is 4.72. The second kappa shape index (κ2) is 9.35. The molecule has 1 aromatic rings. The summed E-state index contributed by atoms with van der Waals surface area (Å²) >= 11 is 0. The summed E-state index contributed by atoms with van der Waals surface area (Å²) in [6, 6.07) is 10.7. The summed E-state index contributed by atoms with van der Waals surface area (Å²) in [4.78, 5) is 0. The molecule has 1 aromatic carbocycles. The fourth-order valence-corrected chi connectivity index (χ4v) is 2.66. The van der Waals surface area contributed by atoms with Gasteiger partial charge in [-0.3, -0.25) is 0 Å². The maximum absolute atomic E-state index is 4.03. The van der Waals surface area contributed by atoms with Crippen LogP contribution in [0.1, 0.15) is 11.6 Å². The molecule has 20 heavy (non-hydrogen) atoms. The highest BCUT2D eigenvalue weighted by Gasteiger charge is 2.32. The molecular formula is C18H24ClN. The van der Waals surface area contributed by atoms with Crippen LogP contribution in [0.5, 0.6) is 0 Å². The second-order valence-corrected chi connectivity index (χ2v) is 4.72. The molecule has 0 amide bonds. The summed E-state index contributed by atoms with van der Waals surface area (Å²) in [6.45, 7) is 18.3. The lowest BCUT2D eigenvalue weighted by Gasteiger charge is -2.42. The molecule has 0 aromatic heterocycles. The van der Waals surface area contributed by atoms with Crippen LogP contribution in [-0.4, -0.2) is 24.1 Å². The molecular weight excluding hydrogens is 266 g/mol. The highest BCUT2D eigenvalue weighted by atomic mass is 35.5. The smallest absolute Gasteiger partial charge is 0.134 e. The molecule has 0 aliphatic heterocycles. The third-order valence-corrected chi connectivity index (χ3v) is 3.43. The van der Waals surface area contributed by atoms with Crippen molar-refractivity contribution in [1.82, 2.24) is 0 Å². The largest absolute Gasteiger partial charge is 1.00 e. The van der Waals surface area contributed by atoms with Crippen LogP contribution in [0.2, 0.25) is 0 Å². The first-order chi connectivity index (χ1) is 9.24. The summed E-state index contributed by atoms with van der Waals surface area (Å²) in [6.07, 6.45) is 7.91. The number of rotatable bonds is 9. The van der Waals surface area contributed by atoms with Crippen molar-refractivity contribution in [1.29, 1.82) is 0 Å². The number of nitrogens with zero attached hydrogens (tertiary/aromatic N) is 1. The van der Waals surface area contributed by atoms with E-state index >= 15 is 0 Å². The molecule has 0 radical (unpaired) electrons. The van der Waals surface area contributed by atoms with Crippen molar-refractivity contribution in [3.63, 3.8) is 0 Å². The number of benzene rings is 1. The van der Waals surface area contributed by atoms with Gasteiger partial charge in [0.15, 0.2) is 0 Å². The molecule has 0 bridgehead atoms. The van der Waals surface area contributed by atoms with Gasteiger partial charge in [-0.2, -0.15) is 0 Å². The zero-order chi connectivity index (χ0) is 14.1. The quantitative estimate of drug-likeness (QED) is 0.475. The average Bonchev–Trinajstić information content (AvgIpc) is 2.41. The lowest BCUT2D eigenvalue weighted by molar-refractivity contribution is -0.935. The van der Waals surface area contributed by atoms with Gasteiger partial charge in [-0.1, -0.05) is 56.6 Å². The molecule has 0 spiro atoms. The lowest BCUT2D eigenvalue weighted by atomic mass is 10.0. The molecule has 0 aliphatic carbocycles. The summed E-state index contributed by atoms with van der Waals surface area (Å²) in [5.74, 6) is 0. The van der Waals surface area contributed by atoms with E-state index in [0.29, 0.717) is 0 Å². The van der Waals surface area contributed by atoms with Crippen molar-refractivity contribution in [2.75, 3.05) is 19.6 Å². The minimum atomic E-state index is 0. The van der Waals surface area contributed by atoms with Gasteiger partial charge >= 0.3 is 0 Å². The summed E-state index contributed by atoms with van der Waals surface area (Å²) < 4.78 is 0.810. The van der Waals surface area contributed by atoms with E-state index in [9.17, 15) is 0 Å². The van der Waals surface area contributed by atoms with Crippen LogP contribution in [0.4, 0.5) is 0 Å². The lowest BCUT2D eigenvalue weighted by Crippen LogP contribution is -3.00. The van der Waals surface area contributed by atoms with E-state index in [1.165, 1.54) is 5.56 Å². The van der Waals surface area contributed by atoms with E-state index in [1.807, 2.05) is 30.4 Å². The molecule has 0 saturated carbocycles. The Morgan fingerprint density at radius 3 is 1.65 bits per heavy atom. The van der Waals surface area contributed by atoms with E-state index in [4.69, 9.17) is 0 Å². The molecule has 2 heteroatoms. The van der Waals surface area contributed by atoms with Gasteiger partial charge in [0, 0.05) is 5.56 Å². The van der Waals surface area contributed by atoms with E-state index in [1.54, 1.807) is 0 Å².